The summed E-state index contributed by atoms with van der Waals surface area (Å²) in [4.78, 5) is 15.6. The summed E-state index contributed by atoms with van der Waals surface area (Å²) in [5.41, 5.74) is 1.83. The maximum atomic E-state index is 12.4. The van der Waals surface area contributed by atoms with E-state index in [9.17, 15) is 13.2 Å². The van der Waals surface area contributed by atoms with E-state index in [1.807, 2.05) is 6.07 Å². The van der Waals surface area contributed by atoms with E-state index in [1.165, 1.54) is 17.2 Å². The van der Waals surface area contributed by atoms with E-state index in [0.29, 0.717) is 16.8 Å². The molecule has 0 spiro atoms. The second kappa shape index (κ2) is 7.13. The van der Waals surface area contributed by atoms with Crippen molar-refractivity contribution in [2.24, 2.45) is 7.05 Å². The lowest BCUT2D eigenvalue weighted by Gasteiger charge is -2.25. The van der Waals surface area contributed by atoms with Crippen LogP contribution in [0.3, 0.4) is 0 Å². The van der Waals surface area contributed by atoms with E-state index in [4.69, 9.17) is 4.74 Å². The highest BCUT2D eigenvalue weighted by atomic mass is 32.2. The van der Waals surface area contributed by atoms with Crippen LogP contribution < -0.4 is 10.3 Å². The Hall–Kier alpha value is -2.54. The second-order valence-electron chi connectivity index (χ2n) is 7.53. The molecule has 148 valence electrons. The summed E-state index contributed by atoms with van der Waals surface area (Å²) in [6.45, 7) is 0. The van der Waals surface area contributed by atoms with Gasteiger partial charge >= 0.3 is 0 Å². The number of aromatic amines is 1. The van der Waals surface area contributed by atoms with Gasteiger partial charge in [-0.3, -0.25) is 4.79 Å². The summed E-state index contributed by atoms with van der Waals surface area (Å²) in [5.74, 6) is 0.653. The van der Waals surface area contributed by atoms with E-state index in [1.54, 1.807) is 37.6 Å². The molecule has 0 unspecified atom stereocenters. The lowest BCUT2D eigenvalue weighted by atomic mass is 9.97. The SMILES string of the molecule is Cn1cc(-c2cc(S(C)(=O)=O)ccc2OC2CCCCC2)c2cc[nH]c2c1=O. The van der Waals surface area contributed by atoms with Crippen LogP contribution in [0.25, 0.3) is 22.0 Å². The highest BCUT2D eigenvalue weighted by Crippen LogP contribution is 2.37. The van der Waals surface area contributed by atoms with Gasteiger partial charge in [0.2, 0.25) is 0 Å². The fraction of sp³-hybridized carbons (Fsp3) is 0.381. The first-order chi connectivity index (χ1) is 13.3. The van der Waals surface area contributed by atoms with Crippen LogP contribution in [-0.4, -0.2) is 30.3 Å². The third-order valence-corrected chi connectivity index (χ3v) is 6.52. The van der Waals surface area contributed by atoms with Crippen molar-refractivity contribution in [1.29, 1.82) is 0 Å². The maximum Gasteiger partial charge on any atom is 0.274 e. The number of aryl methyl sites for hydroxylation is 1. The Bertz CT molecular complexity index is 1180. The molecule has 2 aromatic heterocycles. The molecule has 1 N–H and O–H groups in total. The van der Waals surface area contributed by atoms with E-state index < -0.39 is 9.84 Å². The number of sulfone groups is 1. The van der Waals surface area contributed by atoms with Crippen molar-refractivity contribution < 1.29 is 13.2 Å². The molecule has 6 nitrogen and oxygen atoms in total. The number of nitrogens with zero attached hydrogens (tertiary/aromatic N) is 1. The fourth-order valence-electron chi connectivity index (χ4n) is 3.90. The number of aromatic nitrogens is 2. The van der Waals surface area contributed by atoms with Gasteiger partial charge in [0.1, 0.15) is 11.3 Å². The van der Waals surface area contributed by atoms with Gasteiger partial charge in [-0.1, -0.05) is 6.42 Å². The maximum absolute atomic E-state index is 12.4. The number of rotatable bonds is 4. The Balaban J connectivity index is 1.92. The molecule has 28 heavy (non-hydrogen) atoms. The summed E-state index contributed by atoms with van der Waals surface area (Å²) in [5, 5.41) is 0.752. The van der Waals surface area contributed by atoms with Crippen LogP contribution in [0.15, 0.2) is 46.3 Å². The average Bonchev–Trinajstić information content (AvgIpc) is 3.15. The third-order valence-electron chi connectivity index (χ3n) is 5.41. The van der Waals surface area contributed by atoms with Gasteiger partial charge in [0.25, 0.3) is 5.56 Å². The molecule has 1 aliphatic carbocycles. The van der Waals surface area contributed by atoms with E-state index in [0.717, 1.165) is 36.6 Å². The third kappa shape index (κ3) is 3.46. The van der Waals surface area contributed by atoms with Crippen LogP contribution in [0.4, 0.5) is 0 Å². The van der Waals surface area contributed by atoms with Crippen molar-refractivity contribution in [2.75, 3.05) is 6.26 Å². The Labute approximate surface area is 164 Å². The van der Waals surface area contributed by atoms with Crippen LogP contribution in [0.2, 0.25) is 0 Å². The minimum Gasteiger partial charge on any atom is -0.490 e. The summed E-state index contributed by atoms with van der Waals surface area (Å²) in [6, 6.07) is 6.82. The highest BCUT2D eigenvalue weighted by Gasteiger charge is 2.21. The highest BCUT2D eigenvalue weighted by molar-refractivity contribution is 7.90. The van der Waals surface area contributed by atoms with Crippen LogP contribution in [0.1, 0.15) is 32.1 Å². The van der Waals surface area contributed by atoms with Gasteiger partial charge < -0.3 is 14.3 Å². The summed E-state index contributed by atoms with van der Waals surface area (Å²) in [6.07, 6.45) is 10.3. The van der Waals surface area contributed by atoms with Gasteiger partial charge in [-0.2, -0.15) is 0 Å². The average molecular weight is 401 g/mol. The van der Waals surface area contributed by atoms with Crippen molar-refractivity contribution in [3.05, 3.63) is 47.0 Å². The summed E-state index contributed by atoms with van der Waals surface area (Å²) in [7, 11) is -1.68. The van der Waals surface area contributed by atoms with E-state index >= 15 is 0 Å². The molecule has 3 aromatic rings. The normalized spacial score (nSPS) is 15.8. The lowest BCUT2D eigenvalue weighted by molar-refractivity contribution is 0.155. The standard InChI is InChI=1S/C21H24N2O4S/c1-23-13-18(16-10-11-22-20(16)21(23)24)17-12-15(28(2,25)26)8-9-19(17)27-14-6-4-3-5-7-14/h8-14,22H,3-7H2,1-2H3. The van der Waals surface area contributed by atoms with Crippen LogP contribution >= 0.6 is 0 Å². The zero-order chi connectivity index (χ0) is 19.9. The molecule has 0 radical (unpaired) electrons. The summed E-state index contributed by atoms with van der Waals surface area (Å²) < 4.78 is 32.1. The topological polar surface area (TPSA) is 81.2 Å². The van der Waals surface area contributed by atoms with Gasteiger partial charge in [-0.15, -0.1) is 0 Å². The van der Waals surface area contributed by atoms with Gasteiger partial charge in [-0.25, -0.2) is 8.42 Å². The number of nitrogens with one attached hydrogen (secondary N) is 1. The van der Waals surface area contributed by atoms with Crippen molar-refractivity contribution in [3.63, 3.8) is 0 Å². The first-order valence-electron chi connectivity index (χ1n) is 9.52. The quantitative estimate of drug-likeness (QED) is 0.725. The molecule has 0 amide bonds. The number of pyridine rings is 1. The minimum atomic E-state index is -3.37. The Morgan fingerprint density at radius 3 is 2.57 bits per heavy atom. The molecule has 0 aliphatic heterocycles. The molecule has 1 aliphatic rings. The Morgan fingerprint density at radius 2 is 1.86 bits per heavy atom. The summed E-state index contributed by atoms with van der Waals surface area (Å²) >= 11 is 0. The first-order valence-corrected chi connectivity index (χ1v) is 11.4. The molecule has 0 atom stereocenters. The number of H-pyrrole nitrogens is 1. The van der Waals surface area contributed by atoms with Crippen molar-refractivity contribution >= 4 is 20.7 Å². The van der Waals surface area contributed by atoms with Crippen molar-refractivity contribution in [2.45, 2.75) is 43.1 Å². The molecule has 0 bridgehead atoms. The molecule has 1 aromatic carbocycles. The lowest BCUT2D eigenvalue weighted by Crippen LogP contribution is -2.20. The zero-order valence-electron chi connectivity index (χ0n) is 16.1. The van der Waals surface area contributed by atoms with Gasteiger partial charge in [-0.05, 0) is 49.9 Å². The van der Waals surface area contributed by atoms with E-state index in [-0.39, 0.29) is 16.6 Å². The Morgan fingerprint density at radius 1 is 1.11 bits per heavy atom. The van der Waals surface area contributed by atoms with Gasteiger partial charge in [0.15, 0.2) is 9.84 Å². The molecule has 1 saturated carbocycles. The number of fused-ring (bicyclic) bond motifs is 1. The molecular weight excluding hydrogens is 376 g/mol. The molecule has 0 saturated heterocycles. The molecule has 4 rings (SSSR count). The zero-order valence-corrected chi connectivity index (χ0v) is 16.9. The number of hydrogen-bond donors (Lipinski definition) is 1. The molecule has 7 heteroatoms. The van der Waals surface area contributed by atoms with Crippen molar-refractivity contribution in [1.82, 2.24) is 9.55 Å². The number of ether oxygens (including phenoxy) is 1. The smallest absolute Gasteiger partial charge is 0.274 e. The second-order valence-corrected chi connectivity index (χ2v) is 9.55. The monoisotopic (exact) mass is 400 g/mol. The van der Waals surface area contributed by atoms with Gasteiger partial charge in [0.05, 0.1) is 11.0 Å². The largest absolute Gasteiger partial charge is 0.490 e. The molecule has 1 fully saturated rings. The number of benzene rings is 1. The molecular formula is C21H24N2O4S. The van der Waals surface area contributed by atoms with Crippen LogP contribution in [0.5, 0.6) is 5.75 Å². The molecule has 2 heterocycles. The number of hydrogen-bond acceptors (Lipinski definition) is 4. The first kappa shape index (κ1) is 18.8. The fourth-order valence-corrected chi connectivity index (χ4v) is 4.55. The van der Waals surface area contributed by atoms with E-state index in [2.05, 4.69) is 4.98 Å². The predicted octanol–water partition coefficient (Wildman–Crippen LogP) is 3.65. The predicted molar refractivity (Wildman–Crippen MR) is 110 cm³/mol. The van der Waals surface area contributed by atoms with Crippen LogP contribution in [-0.2, 0) is 16.9 Å². The minimum absolute atomic E-state index is 0.127. The van der Waals surface area contributed by atoms with Gasteiger partial charge in [0, 0.05) is 42.2 Å². The Kier molecular flexibility index (Phi) is 4.79. The van der Waals surface area contributed by atoms with Crippen LogP contribution in [0, 0.1) is 0 Å². The van der Waals surface area contributed by atoms with Crippen molar-refractivity contribution in [3.8, 4) is 16.9 Å².